The highest BCUT2D eigenvalue weighted by Crippen LogP contribution is 2.26. The van der Waals surface area contributed by atoms with Crippen molar-refractivity contribution in [1.29, 1.82) is 0 Å². The maximum Gasteiger partial charge on any atom is 0.263 e. The van der Waals surface area contributed by atoms with Gasteiger partial charge in [0.25, 0.3) is 10.0 Å². The number of hydrogen-bond donors (Lipinski definition) is 2. The number of benzene rings is 1. The molecule has 2 heterocycles. The molecule has 0 atom stereocenters. The van der Waals surface area contributed by atoms with Crippen molar-refractivity contribution in [3.8, 4) is 0 Å². The van der Waals surface area contributed by atoms with Gasteiger partial charge in [0.15, 0.2) is 5.13 Å². The monoisotopic (exact) mass is 481 g/mol. The van der Waals surface area contributed by atoms with Crippen LogP contribution >= 0.6 is 11.3 Å². The summed E-state index contributed by atoms with van der Waals surface area (Å²) in [6.45, 7) is 10.3. The number of aromatic nitrogens is 1. The molecule has 1 aromatic carbocycles. The van der Waals surface area contributed by atoms with Crippen molar-refractivity contribution in [2.75, 3.05) is 37.6 Å². The minimum atomic E-state index is -3.73. The van der Waals surface area contributed by atoms with Crippen LogP contribution in [-0.4, -0.2) is 61.9 Å². The molecule has 0 unspecified atom stereocenters. The summed E-state index contributed by atoms with van der Waals surface area (Å²) in [6.07, 6.45) is 3.61. The summed E-state index contributed by atoms with van der Waals surface area (Å²) >= 11 is 1.24. The van der Waals surface area contributed by atoms with Gasteiger partial charge in [0.05, 0.1) is 29.4 Å². The first-order chi connectivity index (χ1) is 15.2. The van der Waals surface area contributed by atoms with E-state index in [1.54, 1.807) is 11.4 Å². The zero-order chi connectivity index (χ0) is 23.2. The fraction of sp³-hybridized carbons (Fsp3) is 0.609. The SMILES string of the molecule is CCC(O)(CC)Cc1csc(NS(=O)(=O)c2ccc(CCCN3CCOCC3)cc2C)n1. The lowest BCUT2D eigenvalue weighted by Crippen LogP contribution is -2.36. The third-order valence-corrected chi connectivity index (χ3v) is 8.61. The van der Waals surface area contributed by atoms with Gasteiger partial charge in [0.1, 0.15) is 0 Å². The molecule has 32 heavy (non-hydrogen) atoms. The molecule has 7 nitrogen and oxygen atoms in total. The highest BCUT2D eigenvalue weighted by molar-refractivity contribution is 7.93. The van der Waals surface area contributed by atoms with E-state index < -0.39 is 15.6 Å². The van der Waals surface area contributed by atoms with E-state index in [0.29, 0.717) is 30.1 Å². The van der Waals surface area contributed by atoms with Gasteiger partial charge in [-0.2, -0.15) is 0 Å². The van der Waals surface area contributed by atoms with Crippen LogP contribution in [0.2, 0.25) is 0 Å². The summed E-state index contributed by atoms with van der Waals surface area (Å²) in [7, 11) is -3.73. The highest BCUT2D eigenvalue weighted by atomic mass is 32.2. The largest absolute Gasteiger partial charge is 0.390 e. The average molecular weight is 482 g/mol. The standard InChI is InChI=1S/C23H35N3O4S2/c1-4-23(27,5-2)16-20-17-31-22(24-20)25-32(28,29)21-9-8-19(15-18(21)3)7-6-10-26-11-13-30-14-12-26/h8-9,15,17,27H,4-7,10-14,16H2,1-3H3,(H,24,25). The average Bonchev–Trinajstić information content (AvgIpc) is 3.19. The Bertz CT molecular complexity index is 981. The van der Waals surface area contributed by atoms with Crippen molar-refractivity contribution in [2.45, 2.75) is 63.4 Å². The summed E-state index contributed by atoms with van der Waals surface area (Å²) in [5.41, 5.74) is 1.76. The third-order valence-electron chi connectivity index (χ3n) is 6.17. The van der Waals surface area contributed by atoms with Crippen molar-refractivity contribution in [3.05, 3.63) is 40.4 Å². The van der Waals surface area contributed by atoms with Crippen molar-refractivity contribution >= 4 is 26.5 Å². The van der Waals surface area contributed by atoms with E-state index in [2.05, 4.69) is 14.6 Å². The molecule has 0 radical (unpaired) electrons. The number of anilines is 1. The maximum atomic E-state index is 12.9. The van der Waals surface area contributed by atoms with Crippen LogP contribution in [0.3, 0.4) is 0 Å². The van der Waals surface area contributed by atoms with Crippen LogP contribution in [0.25, 0.3) is 0 Å². The molecule has 1 aromatic heterocycles. The molecule has 2 N–H and O–H groups in total. The van der Waals surface area contributed by atoms with E-state index in [-0.39, 0.29) is 4.90 Å². The molecule has 0 spiro atoms. The van der Waals surface area contributed by atoms with Crippen LogP contribution in [0.15, 0.2) is 28.5 Å². The Morgan fingerprint density at radius 1 is 1.25 bits per heavy atom. The number of ether oxygens (including phenoxy) is 1. The second-order valence-corrected chi connectivity index (χ2v) is 11.0. The normalized spacial score (nSPS) is 15.8. The first kappa shape index (κ1) is 25.1. The lowest BCUT2D eigenvalue weighted by atomic mass is 9.92. The molecule has 0 saturated carbocycles. The number of nitrogens with zero attached hydrogens (tertiary/aromatic N) is 2. The van der Waals surface area contributed by atoms with Crippen molar-refractivity contribution in [3.63, 3.8) is 0 Å². The molecule has 1 saturated heterocycles. The number of morpholine rings is 1. The Morgan fingerprint density at radius 3 is 2.62 bits per heavy atom. The van der Waals surface area contributed by atoms with Crippen LogP contribution in [0, 0.1) is 6.92 Å². The Hall–Kier alpha value is -1.52. The van der Waals surface area contributed by atoms with E-state index in [9.17, 15) is 13.5 Å². The first-order valence-corrected chi connectivity index (χ1v) is 13.7. The Balaban J connectivity index is 1.60. The van der Waals surface area contributed by atoms with E-state index in [4.69, 9.17) is 4.74 Å². The number of sulfonamides is 1. The Kier molecular flexibility index (Phi) is 8.68. The van der Waals surface area contributed by atoms with E-state index in [1.807, 2.05) is 32.9 Å². The number of thiazole rings is 1. The Labute approximate surface area is 195 Å². The van der Waals surface area contributed by atoms with Gasteiger partial charge < -0.3 is 9.84 Å². The highest BCUT2D eigenvalue weighted by Gasteiger charge is 2.25. The van der Waals surface area contributed by atoms with Crippen molar-refractivity contribution in [1.82, 2.24) is 9.88 Å². The minimum absolute atomic E-state index is 0.268. The molecule has 3 rings (SSSR count). The molecule has 0 bridgehead atoms. The van der Waals surface area contributed by atoms with E-state index >= 15 is 0 Å². The molecule has 9 heteroatoms. The first-order valence-electron chi connectivity index (χ1n) is 11.3. The van der Waals surface area contributed by atoms with Gasteiger partial charge in [0.2, 0.25) is 0 Å². The molecule has 1 aliphatic heterocycles. The Morgan fingerprint density at radius 2 is 1.97 bits per heavy atom. The molecular weight excluding hydrogens is 446 g/mol. The summed E-state index contributed by atoms with van der Waals surface area (Å²) in [5.74, 6) is 0. The predicted molar refractivity (Wildman–Crippen MR) is 129 cm³/mol. The number of rotatable bonds is 11. The molecular formula is C23H35N3O4S2. The van der Waals surface area contributed by atoms with Gasteiger partial charge in [-0.3, -0.25) is 9.62 Å². The number of aryl methyl sites for hydroxylation is 2. The lowest BCUT2D eigenvalue weighted by molar-refractivity contribution is 0.0319. The number of aliphatic hydroxyl groups is 1. The van der Waals surface area contributed by atoms with E-state index in [0.717, 1.165) is 56.8 Å². The topological polar surface area (TPSA) is 91.8 Å². The van der Waals surface area contributed by atoms with Gasteiger partial charge >= 0.3 is 0 Å². The zero-order valence-corrected chi connectivity index (χ0v) is 20.9. The zero-order valence-electron chi connectivity index (χ0n) is 19.3. The van der Waals surface area contributed by atoms with E-state index in [1.165, 1.54) is 11.3 Å². The van der Waals surface area contributed by atoms with Gasteiger partial charge in [-0.05, 0) is 56.3 Å². The minimum Gasteiger partial charge on any atom is -0.390 e. The fourth-order valence-electron chi connectivity index (χ4n) is 3.94. The summed E-state index contributed by atoms with van der Waals surface area (Å²) < 4.78 is 33.9. The predicted octanol–water partition coefficient (Wildman–Crippen LogP) is 3.61. The molecule has 0 amide bonds. The maximum absolute atomic E-state index is 12.9. The van der Waals surface area contributed by atoms with Gasteiger partial charge in [0, 0.05) is 24.9 Å². The number of hydrogen-bond acceptors (Lipinski definition) is 7. The smallest absolute Gasteiger partial charge is 0.263 e. The molecule has 0 aliphatic carbocycles. The second kappa shape index (κ2) is 11.1. The van der Waals surface area contributed by atoms with Crippen LogP contribution in [0.1, 0.15) is 49.9 Å². The summed E-state index contributed by atoms with van der Waals surface area (Å²) in [5, 5.41) is 12.6. The van der Waals surface area contributed by atoms with Gasteiger partial charge in [-0.25, -0.2) is 13.4 Å². The second-order valence-electron chi connectivity index (χ2n) is 8.52. The third kappa shape index (κ3) is 6.74. The molecule has 178 valence electrons. The molecule has 2 aromatic rings. The quantitative estimate of drug-likeness (QED) is 0.509. The van der Waals surface area contributed by atoms with Gasteiger partial charge in [-0.1, -0.05) is 26.0 Å². The number of nitrogens with one attached hydrogen (secondary N) is 1. The summed E-state index contributed by atoms with van der Waals surface area (Å²) in [6, 6.07) is 5.55. The van der Waals surface area contributed by atoms with Crippen molar-refractivity contribution in [2.24, 2.45) is 0 Å². The lowest BCUT2D eigenvalue weighted by Gasteiger charge is -2.26. The van der Waals surface area contributed by atoms with Crippen LogP contribution in [0.5, 0.6) is 0 Å². The van der Waals surface area contributed by atoms with Gasteiger partial charge in [-0.15, -0.1) is 11.3 Å². The molecule has 1 aliphatic rings. The summed E-state index contributed by atoms with van der Waals surface area (Å²) in [4.78, 5) is 7.06. The molecule has 1 fully saturated rings. The fourth-order valence-corrected chi connectivity index (χ4v) is 6.13. The van der Waals surface area contributed by atoms with Crippen LogP contribution < -0.4 is 4.72 Å². The van der Waals surface area contributed by atoms with Crippen molar-refractivity contribution < 1.29 is 18.3 Å². The van der Waals surface area contributed by atoms with Crippen LogP contribution in [0.4, 0.5) is 5.13 Å². The van der Waals surface area contributed by atoms with Crippen LogP contribution in [-0.2, 0) is 27.6 Å².